The lowest BCUT2D eigenvalue weighted by molar-refractivity contribution is -0.131. The summed E-state index contributed by atoms with van der Waals surface area (Å²) in [5, 5.41) is 13.6. The zero-order chi connectivity index (χ0) is 36.5. The van der Waals surface area contributed by atoms with Crippen LogP contribution in [0.4, 0.5) is 0 Å². The number of ether oxygens (including phenoxy) is 2. The van der Waals surface area contributed by atoms with Crippen LogP contribution in [0.1, 0.15) is 66.9 Å². The Labute approximate surface area is 310 Å². The maximum absolute atomic E-state index is 13.4. The van der Waals surface area contributed by atoms with Crippen LogP contribution in [0.5, 0.6) is 5.75 Å². The second-order valence-electron chi connectivity index (χ2n) is 14.7. The van der Waals surface area contributed by atoms with Crippen molar-refractivity contribution >= 4 is 52.9 Å². The smallest absolute Gasteiger partial charge is 0.261 e. The summed E-state index contributed by atoms with van der Waals surface area (Å²) in [6.45, 7) is 16.1. The number of rotatable bonds is 16. The summed E-state index contributed by atoms with van der Waals surface area (Å²) in [4.78, 5) is 15.2. The molecule has 4 atom stereocenters. The Kier molecular flexibility index (Phi) is 14.5. The number of amides is 1. The van der Waals surface area contributed by atoms with Crippen LogP contribution in [0, 0.1) is 11.8 Å². The molecule has 0 aliphatic carbocycles. The molecule has 270 valence electrons. The molecular weight excluding hydrogens is 679 g/mol. The Hall–Kier alpha value is -2.79. The van der Waals surface area contributed by atoms with Crippen LogP contribution in [0.25, 0.3) is 0 Å². The molecule has 1 aliphatic heterocycles. The van der Waals surface area contributed by atoms with Gasteiger partial charge in [-0.05, 0) is 57.9 Å². The van der Waals surface area contributed by atoms with E-state index in [0.29, 0.717) is 24.0 Å². The van der Waals surface area contributed by atoms with Gasteiger partial charge >= 0.3 is 0 Å². The van der Waals surface area contributed by atoms with Crippen molar-refractivity contribution in [3.05, 3.63) is 102 Å². The molecule has 1 heterocycles. The van der Waals surface area contributed by atoms with Crippen LogP contribution in [0.2, 0.25) is 5.04 Å². The van der Waals surface area contributed by atoms with Crippen LogP contribution < -0.4 is 15.1 Å². The van der Waals surface area contributed by atoms with Gasteiger partial charge in [0.15, 0.2) is 0 Å². The van der Waals surface area contributed by atoms with E-state index in [-0.39, 0.29) is 41.3 Å². The van der Waals surface area contributed by atoms with Gasteiger partial charge in [0.25, 0.3) is 8.32 Å². The summed E-state index contributed by atoms with van der Waals surface area (Å²) >= 11 is 7.08. The predicted molar refractivity (Wildman–Crippen MR) is 214 cm³/mol. The van der Waals surface area contributed by atoms with E-state index in [1.54, 1.807) is 23.8 Å². The van der Waals surface area contributed by atoms with Crippen molar-refractivity contribution in [2.45, 2.75) is 91.2 Å². The highest BCUT2D eigenvalue weighted by Gasteiger charge is 2.51. The monoisotopic (exact) mass is 733 g/mol. The quantitative estimate of drug-likeness (QED) is 0.0699. The Bertz CT molecular complexity index is 1520. The summed E-state index contributed by atoms with van der Waals surface area (Å²) < 4.78 is 19.8. The van der Waals surface area contributed by atoms with Gasteiger partial charge in [0, 0.05) is 24.3 Å². The molecule has 1 fully saturated rings. The number of hydrogen-bond donors (Lipinski definition) is 1. The molecule has 3 aromatic carbocycles. The van der Waals surface area contributed by atoms with Crippen LogP contribution >= 0.6 is 24.0 Å². The number of nitrogens with zero attached hydrogens (tertiary/aromatic N) is 1. The standard InChI is InChI=1S/C41H55NO5S2Si/c1-29(2)36-28-49-40(48)42(36)39(44)26-37(43)30(3)25-31(4)38(23-24-46-27-32-19-21-33(45-8)22-20-32)47-50(41(5,6)7,34-15-11-9-12-16-34)35-17-13-10-14-18-35/h9-22,25,29-30,36-38,43H,23-24,26-28H2,1-8H3/b31-25+/t30-,36-,37-,38-/m0/s1. The first-order valence-corrected chi connectivity index (χ1v) is 20.9. The van der Waals surface area contributed by atoms with E-state index in [0.717, 1.165) is 22.6 Å². The van der Waals surface area contributed by atoms with Crippen molar-refractivity contribution < 1.29 is 23.8 Å². The number of aliphatic hydroxyl groups excluding tert-OH is 1. The second kappa shape index (κ2) is 18.1. The van der Waals surface area contributed by atoms with E-state index in [1.165, 1.54) is 10.4 Å². The molecular formula is C41H55NO5S2Si. The minimum atomic E-state index is -2.91. The molecule has 4 rings (SSSR count). The van der Waals surface area contributed by atoms with Crippen molar-refractivity contribution in [2.24, 2.45) is 11.8 Å². The molecule has 9 heteroatoms. The van der Waals surface area contributed by atoms with E-state index in [2.05, 4.69) is 96.1 Å². The Morgan fingerprint density at radius 3 is 2.10 bits per heavy atom. The molecule has 0 spiro atoms. The zero-order valence-corrected chi connectivity index (χ0v) is 33.6. The van der Waals surface area contributed by atoms with E-state index in [1.807, 2.05) is 43.3 Å². The fourth-order valence-electron chi connectivity index (χ4n) is 6.70. The Balaban J connectivity index is 1.63. The maximum atomic E-state index is 13.4. The average molecular weight is 734 g/mol. The molecule has 6 nitrogen and oxygen atoms in total. The molecule has 50 heavy (non-hydrogen) atoms. The van der Waals surface area contributed by atoms with Crippen LogP contribution in [0.15, 0.2) is 96.6 Å². The summed E-state index contributed by atoms with van der Waals surface area (Å²) in [7, 11) is -1.25. The summed E-state index contributed by atoms with van der Waals surface area (Å²) in [6, 6.07) is 29.2. The van der Waals surface area contributed by atoms with Gasteiger partial charge in [-0.15, -0.1) is 0 Å². The van der Waals surface area contributed by atoms with Gasteiger partial charge in [-0.25, -0.2) is 0 Å². The maximum Gasteiger partial charge on any atom is 0.261 e. The SMILES string of the molecule is COc1ccc(COCC[C@H](O[Si](c2ccccc2)(c2ccccc2)C(C)(C)C)/C(C)=C/[C@H](C)[C@@H](O)CC(=O)N2C(=S)SC[C@H]2C(C)C)cc1. The second-order valence-corrected chi connectivity index (χ2v) is 20.6. The molecule has 1 aliphatic rings. The number of benzene rings is 3. The first-order chi connectivity index (χ1) is 23.8. The van der Waals surface area contributed by atoms with E-state index >= 15 is 0 Å². The molecule has 0 unspecified atom stereocenters. The zero-order valence-electron chi connectivity index (χ0n) is 30.9. The number of carbonyl (C=O) groups is 1. The molecule has 1 saturated heterocycles. The molecule has 0 aromatic heterocycles. The summed E-state index contributed by atoms with van der Waals surface area (Å²) in [5.41, 5.74) is 2.08. The molecule has 1 amide bonds. The largest absolute Gasteiger partial charge is 0.497 e. The number of carbonyl (C=O) groups excluding carboxylic acids is 1. The first kappa shape index (κ1) is 40.0. The van der Waals surface area contributed by atoms with Gasteiger partial charge < -0.3 is 19.0 Å². The number of thiocarbonyl (C=S) groups is 1. The van der Waals surface area contributed by atoms with Crippen molar-refractivity contribution in [1.29, 1.82) is 0 Å². The predicted octanol–water partition coefficient (Wildman–Crippen LogP) is 7.77. The van der Waals surface area contributed by atoms with E-state index in [9.17, 15) is 9.90 Å². The highest BCUT2D eigenvalue weighted by atomic mass is 32.2. The van der Waals surface area contributed by atoms with Gasteiger partial charge in [0.2, 0.25) is 5.91 Å². The minimum absolute atomic E-state index is 0.0140. The van der Waals surface area contributed by atoms with Crippen molar-refractivity contribution in [3.8, 4) is 5.75 Å². The van der Waals surface area contributed by atoms with Gasteiger partial charge in [0.05, 0.1) is 32.3 Å². The molecule has 0 saturated carbocycles. The molecule has 0 bridgehead atoms. The Morgan fingerprint density at radius 1 is 1.00 bits per heavy atom. The van der Waals surface area contributed by atoms with Gasteiger partial charge in [-0.2, -0.15) is 0 Å². The lowest BCUT2D eigenvalue weighted by Crippen LogP contribution is -2.67. The van der Waals surface area contributed by atoms with Crippen LogP contribution in [-0.4, -0.2) is 66.3 Å². The van der Waals surface area contributed by atoms with E-state index in [4.69, 9.17) is 26.1 Å². The Morgan fingerprint density at radius 2 is 1.58 bits per heavy atom. The van der Waals surface area contributed by atoms with Crippen molar-refractivity contribution in [3.63, 3.8) is 0 Å². The van der Waals surface area contributed by atoms with Crippen LogP contribution in [-0.2, 0) is 20.6 Å². The van der Waals surface area contributed by atoms with Crippen LogP contribution in [0.3, 0.4) is 0 Å². The average Bonchev–Trinajstić information content (AvgIpc) is 3.50. The highest BCUT2D eigenvalue weighted by molar-refractivity contribution is 8.23. The van der Waals surface area contributed by atoms with E-state index < -0.39 is 14.4 Å². The first-order valence-electron chi connectivity index (χ1n) is 17.6. The molecule has 0 radical (unpaired) electrons. The number of hydrogen-bond acceptors (Lipinski definition) is 7. The topological polar surface area (TPSA) is 68.2 Å². The number of methoxy groups -OCH3 is 1. The third-order valence-electron chi connectivity index (χ3n) is 9.66. The number of aliphatic hydroxyl groups is 1. The normalized spacial score (nSPS) is 17.6. The van der Waals surface area contributed by atoms with Gasteiger partial charge in [-0.1, -0.05) is 144 Å². The van der Waals surface area contributed by atoms with Crippen molar-refractivity contribution in [2.75, 3.05) is 19.5 Å². The number of thioether (sulfide) groups is 1. The lowest BCUT2D eigenvalue weighted by Gasteiger charge is -2.45. The van der Waals surface area contributed by atoms with Crippen molar-refractivity contribution in [1.82, 2.24) is 4.90 Å². The fourth-order valence-corrected chi connectivity index (χ4v) is 13.1. The molecule has 3 aromatic rings. The lowest BCUT2D eigenvalue weighted by atomic mass is 9.96. The minimum Gasteiger partial charge on any atom is -0.497 e. The third kappa shape index (κ3) is 9.75. The highest BCUT2D eigenvalue weighted by Crippen LogP contribution is 2.39. The molecule has 1 N–H and O–H groups in total. The van der Waals surface area contributed by atoms with Gasteiger partial charge in [-0.3, -0.25) is 9.69 Å². The summed E-state index contributed by atoms with van der Waals surface area (Å²) in [5.74, 6) is 1.50. The fraction of sp³-hybridized carbons (Fsp3) is 0.463. The summed E-state index contributed by atoms with van der Waals surface area (Å²) in [6.07, 6.45) is 1.56. The third-order valence-corrected chi connectivity index (χ3v) is 16.2. The van der Waals surface area contributed by atoms with Gasteiger partial charge in [0.1, 0.15) is 10.1 Å².